The van der Waals surface area contributed by atoms with E-state index in [1.807, 2.05) is 30.3 Å². The van der Waals surface area contributed by atoms with Crippen LogP contribution in [0.1, 0.15) is 0 Å². The molecule has 0 aliphatic rings. The highest BCUT2D eigenvalue weighted by Crippen LogP contribution is 2.12. The van der Waals surface area contributed by atoms with Crippen LogP contribution in [0.2, 0.25) is 0 Å². The molecule has 0 saturated heterocycles. The molecule has 2 aromatic heterocycles. The van der Waals surface area contributed by atoms with E-state index in [1.165, 1.54) is 12.4 Å². The molecular weight excluding hydrogens is 204 g/mol. The topological polar surface area (TPSA) is 58.9 Å². The van der Waals surface area contributed by atoms with Crippen molar-refractivity contribution in [2.75, 3.05) is 0 Å². The van der Waals surface area contributed by atoms with Crippen molar-refractivity contribution in [3.05, 3.63) is 65.5 Å². The second kappa shape index (κ2) is 4.93. The minimum atomic E-state index is -0.303. The number of nitrogens with one attached hydrogen (secondary N) is 1. The van der Waals surface area contributed by atoms with Crippen LogP contribution in [0.15, 0.2) is 64.3 Å². The Balaban J connectivity index is 0.000000125. The molecule has 0 atom stereocenters. The molecule has 0 bridgehead atoms. The summed E-state index contributed by atoms with van der Waals surface area (Å²) in [5, 5.41) is 1.16. The van der Waals surface area contributed by atoms with Crippen molar-refractivity contribution in [2.24, 2.45) is 0 Å². The Kier molecular flexibility index (Phi) is 3.13. The number of hydrogen-bond donors (Lipinski definition) is 1. The van der Waals surface area contributed by atoms with Gasteiger partial charge in [0.05, 0.1) is 6.26 Å². The van der Waals surface area contributed by atoms with Gasteiger partial charge in [-0.2, -0.15) is 0 Å². The van der Waals surface area contributed by atoms with Crippen LogP contribution in [0.4, 0.5) is 0 Å². The van der Waals surface area contributed by atoms with Gasteiger partial charge in [-0.15, -0.1) is 0 Å². The first-order valence-electron chi connectivity index (χ1n) is 4.78. The molecule has 2 heterocycles. The van der Waals surface area contributed by atoms with Gasteiger partial charge < -0.3 is 9.40 Å². The van der Waals surface area contributed by atoms with Gasteiger partial charge in [-0.3, -0.25) is 0 Å². The molecule has 0 aliphatic carbocycles. The number of rotatable bonds is 0. The summed E-state index contributed by atoms with van der Waals surface area (Å²) in [6.07, 6.45) is 4.68. The number of hydrogen-bond acceptors (Lipinski definition) is 3. The van der Waals surface area contributed by atoms with Gasteiger partial charge in [-0.25, -0.2) is 9.78 Å². The third-order valence-corrected chi connectivity index (χ3v) is 1.94. The normalized spacial score (nSPS) is 9.50. The lowest BCUT2D eigenvalue weighted by Gasteiger charge is -1.81. The van der Waals surface area contributed by atoms with Crippen LogP contribution in [-0.4, -0.2) is 9.97 Å². The Morgan fingerprint density at radius 1 is 1.12 bits per heavy atom. The van der Waals surface area contributed by atoms with E-state index < -0.39 is 0 Å². The van der Waals surface area contributed by atoms with E-state index in [0.29, 0.717) is 0 Å². The van der Waals surface area contributed by atoms with Gasteiger partial charge in [0, 0.05) is 17.8 Å². The average Bonchev–Trinajstić information content (AvgIpc) is 2.79. The second-order valence-electron chi connectivity index (χ2n) is 3.05. The zero-order valence-electron chi connectivity index (χ0n) is 8.46. The van der Waals surface area contributed by atoms with Crippen molar-refractivity contribution in [2.45, 2.75) is 0 Å². The van der Waals surface area contributed by atoms with E-state index in [1.54, 1.807) is 12.3 Å². The first kappa shape index (κ1) is 10.2. The molecule has 0 saturated carbocycles. The molecule has 80 valence electrons. The van der Waals surface area contributed by atoms with E-state index in [2.05, 4.69) is 9.97 Å². The third-order valence-electron chi connectivity index (χ3n) is 1.94. The summed E-state index contributed by atoms with van der Waals surface area (Å²) in [7, 11) is 0. The van der Waals surface area contributed by atoms with Crippen molar-refractivity contribution in [3.8, 4) is 0 Å². The Morgan fingerprint density at radius 2 is 2.00 bits per heavy atom. The Bertz CT molecular complexity index is 565. The lowest BCUT2D eigenvalue weighted by atomic mass is 10.3. The molecule has 3 rings (SSSR count). The van der Waals surface area contributed by atoms with Crippen molar-refractivity contribution >= 4 is 11.0 Å². The van der Waals surface area contributed by atoms with Gasteiger partial charge in [0.2, 0.25) is 0 Å². The highest BCUT2D eigenvalue weighted by atomic mass is 16.3. The van der Waals surface area contributed by atoms with Crippen LogP contribution in [0.3, 0.4) is 0 Å². The quantitative estimate of drug-likeness (QED) is 0.624. The maximum absolute atomic E-state index is 10.1. The molecule has 0 fully saturated rings. The fourth-order valence-electron chi connectivity index (χ4n) is 1.22. The zero-order valence-corrected chi connectivity index (χ0v) is 8.46. The molecule has 0 unspecified atom stereocenters. The lowest BCUT2D eigenvalue weighted by molar-refractivity contribution is 0.616. The van der Waals surface area contributed by atoms with E-state index >= 15 is 0 Å². The van der Waals surface area contributed by atoms with Crippen LogP contribution in [-0.2, 0) is 0 Å². The predicted octanol–water partition coefficient (Wildman–Crippen LogP) is 2.20. The maximum atomic E-state index is 10.1. The molecule has 0 amide bonds. The number of para-hydroxylation sites is 1. The lowest BCUT2D eigenvalue weighted by Crippen LogP contribution is -2.05. The molecule has 4 nitrogen and oxygen atoms in total. The molecule has 3 aromatic rings. The SMILES string of the molecule is O=c1nccc[nH]1.c1ccc2occc2c1. The number of nitrogens with zero attached hydrogens (tertiary/aromatic N) is 1. The van der Waals surface area contributed by atoms with Crippen LogP contribution in [0, 0.1) is 0 Å². The van der Waals surface area contributed by atoms with Gasteiger partial charge in [-0.05, 0) is 18.2 Å². The van der Waals surface area contributed by atoms with Gasteiger partial charge in [-0.1, -0.05) is 18.2 Å². The smallest absolute Gasteiger partial charge is 0.344 e. The van der Waals surface area contributed by atoms with Crippen molar-refractivity contribution < 1.29 is 4.42 Å². The van der Waals surface area contributed by atoms with Gasteiger partial charge in [0.1, 0.15) is 5.58 Å². The highest BCUT2D eigenvalue weighted by molar-refractivity contribution is 5.76. The summed E-state index contributed by atoms with van der Waals surface area (Å²) < 4.78 is 5.12. The zero-order chi connectivity index (χ0) is 11.2. The van der Waals surface area contributed by atoms with Crippen molar-refractivity contribution in [1.29, 1.82) is 0 Å². The second-order valence-corrected chi connectivity index (χ2v) is 3.05. The summed E-state index contributed by atoms with van der Waals surface area (Å²) in [6, 6.07) is 11.6. The van der Waals surface area contributed by atoms with Crippen LogP contribution >= 0.6 is 0 Å². The number of H-pyrrole nitrogens is 1. The average molecular weight is 214 g/mol. The minimum Gasteiger partial charge on any atom is -0.464 e. The summed E-state index contributed by atoms with van der Waals surface area (Å²) in [5.41, 5.74) is 0.653. The molecule has 0 radical (unpaired) electrons. The van der Waals surface area contributed by atoms with E-state index in [-0.39, 0.29) is 5.69 Å². The fraction of sp³-hybridized carbons (Fsp3) is 0. The summed E-state index contributed by atoms with van der Waals surface area (Å²) in [4.78, 5) is 15.8. The van der Waals surface area contributed by atoms with E-state index in [0.717, 1.165) is 11.0 Å². The maximum Gasteiger partial charge on any atom is 0.344 e. The van der Waals surface area contributed by atoms with Gasteiger partial charge in [0.25, 0.3) is 0 Å². The fourth-order valence-corrected chi connectivity index (χ4v) is 1.22. The Labute approximate surface area is 91.6 Å². The van der Waals surface area contributed by atoms with Gasteiger partial charge in [0.15, 0.2) is 0 Å². The first-order valence-corrected chi connectivity index (χ1v) is 4.78. The van der Waals surface area contributed by atoms with Crippen LogP contribution < -0.4 is 5.69 Å². The van der Waals surface area contributed by atoms with Crippen LogP contribution in [0.25, 0.3) is 11.0 Å². The number of benzene rings is 1. The first-order chi connectivity index (χ1) is 7.86. The molecule has 0 aliphatic heterocycles. The largest absolute Gasteiger partial charge is 0.464 e. The molecule has 0 spiro atoms. The van der Waals surface area contributed by atoms with Crippen molar-refractivity contribution in [1.82, 2.24) is 9.97 Å². The number of aromatic amines is 1. The summed E-state index contributed by atoms with van der Waals surface area (Å²) in [5.74, 6) is 0. The molecular formula is C12H10N2O2. The summed E-state index contributed by atoms with van der Waals surface area (Å²) >= 11 is 0. The number of aromatic nitrogens is 2. The molecule has 1 N–H and O–H groups in total. The van der Waals surface area contributed by atoms with Crippen LogP contribution in [0.5, 0.6) is 0 Å². The number of fused-ring (bicyclic) bond motifs is 1. The summed E-state index contributed by atoms with van der Waals surface area (Å²) in [6.45, 7) is 0. The Hall–Kier alpha value is -2.36. The third kappa shape index (κ3) is 2.57. The van der Waals surface area contributed by atoms with E-state index in [4.69, 9.17) is 4.42 Å². The highest BCUT2D eigenvalue weighted by Gasteiger charge is 1.89. The van der Waals surface area contributed by atoms with Crippen molar-refractivity contribution in [3.63, 3.8) is 0 Å². The monoisotopic (exact) mass is 214 g/mol. The molecule has 4 heteroatoms. The number of furan rings is 1. The Morgan fingerprint density at radius 3 is 2.62 bits per heavy atom. The van der Waals surface area contributed by atoms with Gasteiger partial charge >= 0.3 is 5.69 Å². The minimum absolute atomic E-state index is 0.303. The van der Waals surface area contributed by atoms with E-state index in [9.17, 15) is 4.79 Å². The standard InChI is InChI=1S/C8H6O.C4H4N2O/c1-2-4-8-7(3-1)5-6-9-8;7-4-5-2-1-3-6-4/h1-6H;1-3H,(H,5,6,7). The molecule has 1 aromatic carbocycles. The predicted molar refractivity (Wildman–Crippen MR) is 61.1 cm³/mol. The molecule has 16 heavy (non-hydrogen) atoms.